The molecule has 28 heavy (non-hydrogen) atoms. The number of amides is 1. The quantitative estimate of drug-likeness (QED) is 0.425. The van der Waals surface area contributed by atoms with Crippen molar-refractivity contribution in [2.75, 3.05) is 11.1 Å². The number of hydrogen-bond acceptors (Lipinski definition) is 5. The zero-order chi connectivity index (χ0) is 19.5. The first-order valence-corrected chi connectivity index (χ1v) is 11.6. The van der Waals surface area contributed by atoms with Crippen molar-refractivity contribution >= 4 is 50.6 Å². The maximum Gasteiger partial charge on any atom is 0.349 e. The maximum absolute atomic E-state index is 12.6. The number of nitrogens with zero attached hydrogens (tertiary/aromatic N) is 2. The molecular weight excluding hydrogens is 458 g/mol. The first kappa shape index (κ1) is 19.4. The second-order valence-electron chi connectivity index (χ2n) is 6.49. The van der Waals surface area contributed by atoms with E-state index in [-0.39, 0.29) is 17.3 Å². The zero-order valence-electron chi connectivity index (χ0n) is 15.0. The molecular formula is C20H18BrN3O2S2. The number of anilines is 1. The SMILES string of the molecule is O=C(CSc1nc(=O)n(Cc2cccs2)c2c1CCC2)Nc1ccc(Br)cc1. The first-order valence-electron chi connectivity index (χ1n) is 8.93. The van der Waals surface area contributed by atoms with E-state index in [1.807, 2.05) is 41.8 Å². The number of thiophene rings is 1. The number of rotatable bonds is 6. The van der Waals surface area contributed by atoms with Gasteiger partial charge in [-0.15, -0.1) is 11.3 Å². The highest BCUT2D eigenvalue weighted by Crippen LogP contribution is 2.30. The smallest absolute Gasteiger partial charge is 0.325 e. The average molecular weight is 476 g/mol. The molecule has 2 heterocycles. The third kappa shape index (κ3) is 4.39. The van der Waals surface area contributed by atoms with E-state index in [1.165, 1.54) is 11.8 Å². The van der Waals surface area contributed by atoms with Crippen molar-refractivity contribution in [3.05, 3.63) is 72.9 Å². The summed E-state index contributed by atoms with van der Waals surface area (Å²) < 4.78 is 2.75. The van der Waals surface area contributed by atoms with Gasteiger partial charge in [0.25, 0.3) is 0 Å². The lowest BCUT2D eigenvalue weighted by Gasteiger charge is -2.13. The molecule has 3 aromatic rings. The summed E-state index contributed by atoms with van der Waals surface area (Å²) in [6, 6.07) is 11.5. The molecule has 5 nitrogen and oxygen atoms in total. The highest BCUT2D eigenvalue weighted by molar-refractivity contribution is 9.10. The minimum Gasteiger partial charge on any atom is -0.325 e. The summed E-state index contributed by atoms with van der Waals surface area (Å²) in [5.41, 5.74) is 2.71. The van der Waals surface area contributed by atoms with E-state index in [9.17, 15) is 9.59 Å². The number of aromatic nitrogens is 2. The number of thioether (sulfide) groups is 1. The number of hydrogen-bond donors (Lipinski definition) is 1. The summed E-state index contributed by atoms with van der Waals surface area (Å²) in [6.45, 7) is 0.570. The molecule has 1 aliphatic carbocycles. The van der Waals surface area contributed by atoms with E-state index in [0.29, 0.717) is 11.6 Å². The summed E-state index contributed by atoms with van der Waals surface area (Å²) >= 11 is 6.36. The van der Waals surface area contributed by atoms with Gasteiger partial charge in [0, 0.05) is 26.3 Å². The molecule has 0 saturated carbocycles. The van der Waals surface area contributed by atoms with Crippen LogP contribution in [0, 0.1) is 0 Å². The van der Waals surface area contributed by atoms with E-state index in [1.54, 1.807) is 15.9 Å². The van der Waals surface area contributed by atoms with Gasteiger partial charge in [-0.1, -0.05) is 33.8 Å². The third-order valence-electron chi connectivity index (χ3n) is 4.56. The Kier molecular flexibility index (Phi) is 5.99. The minimum absolute atomic E-state index is 0.108. The van der Waals surface area contributed by atoms with Gasteiger partial charge < -0.3 is 5.32 Å². The molecule has 0 spiro atoms. The summed E-state index contributed by atoms with van der Waals surface area (Å²) in [4.78, 5) is 30.4. The van der Waals surface area contributed by atoms with Crippen molar-refractivity contribution in [1.29, 1.82) is 0 Å². The normalized spacial score (nSPS) is 12.8. The molecule has 0 aliphatic heterocycles. The Morgan fingerprint density at radius 3 is 2.82 bits per heavy atom. The number of benzene rings is 1. The second-order valence-corrected chi connectivity index (χ2v) is 9.40. The van der Waals surface area contributed by atoms with Crippen molar-refractivity contribution in [2.45, 2.75) is 30.8 Å². The fourth-order valence-electron chi connectivity index (χ4n) is 3.29. The number of fused-ring (bicyclic) bond motifs is 1. The molecule has 4 rings (SSSR count). The van der Waals surface area contributed by atoms with Crippen LogP contribution in [0.3, 0.4) is 0 Å². The number of carbonyl (C=O) groups excluding carboxylic acids is 1. The summed E-state index contributed by atoms with van der Waals surface area (Å²) in [6.07, 6.45) is 2.81. The Morgan fingerprint density at radius 1 is 1.25 bits per heavy atom. The topological polar surface area (TPSA) is 64.0 Å². The standard InChI is InChI=1S/C20H18BrN3O2S2/c21-13-6-8-14(9-7-13)22-18(25)12-28-19-16-4-1-5-17(16)24(20(26)23-19)11-15-3-2-10-27-15/h2-3,6-10H,1,4-5,11-12H2,(H,22,25). The summed E-state index contributed by atoms with van der Waals surface area (Å²) in [7, 11) is 0. The molecule has 0 fully saturated rings. The molecule has 0 radical (unpaired) electrons. The van der Waals surface area contributed by atoms with E-state index in [0.717, 1.165) is 45.6 Å². The van der Waals surface area contributed by atoms with Gasteiger partial charge in [-0.2, -0.15) is 4.98 Å². The Morgan fingerprint density at radius 2 is 2.07 bits per heavy atom. The lowest BCUT2D eigenvalue weighted by molar-refractivity contribution is -0.113. The highest BCUT2D eigenvalue weighted by Gasteiger charge is 2.22. The van der Waals surface area contributed by atoms with Crippen LogP contribution in [0.2, 0.25) is 0 Å². The Balaban J connectivity index is 1.48. The second kappa shape index (κ2) is 8.63. The van der Waals surface area contributed by atoms with Crippen LogP contribution in [0.15, 0.2) is 56.1 Å². The maximum atomic E-state index is 12.6. The number of halogens is 1. The van der Waals surface area contributed by atoms with Crippen LogP contribution in [0.4, 0.5) is 5.69 Å². The minimum atomic E-state index is -0.232. The van der Waals surface area contributed by atoms with Crippen LogP contribution in [0.5, 0.6) is 0 Å². The van der Waals surface area contributed by atoms with Crippen LogP contribution in [-0.4, -0.2) is 21.2 Å². The molecule has 0 unspecified atom stereocenters. The van der Waals surface area contributed by atoms with E-state index in [4.69, 9.17) is 0 Å². The highest BCUT2D eigenvalue weighted by atomic mass is 79.9. The molecule has 1 N–H and O–H groups in total. The van der Waals surface area contributed by atoms with Crippen LogP contribution in [0.1, 0.15) is 22.6 Å². The van der Waals surface area contributed by atoms with Crippen LogP contribution >= 0.6 is 39.0 Å². The first-order chi connectivity index (χ1) is 13.6. The van der Waals surface area contributed by atoms with Gasteiger partial charge in [0.2, 0.25) is 5.91 Å². The number of carbonyl (C=O) groups is 1. The molecule has 0 saturated heterocycles. The number of nitrogens with one attached hydrogen (secondary N) is 1. The average Bonchev–Trinajstić information content (AvgIpc) is 3.36. The molecule has 1 amide bonds. The van der Waals surface area contributed by atoms with Gasteiger partial charge in [-0.3, -0.25) is 9.36 Å². The van der Waals surface area contributed by atoms with Crippen molar-refractivity contribution < 1.29 is 4.79 Å². The van der Waals surface area contributed by atoms with E-state index < -0.39 is 0 Å². The van der Waals surface area contributed by atoms with Crippen molar-refractivity contribution in [3.8, 4) is 0 Å². The lowest BCUT2D eigenvalue weighted by atomic mass is 10.2. The molecule has 2 aromatic heterocycles. The van der Waals surface area contributed by atoms with Crippen molar-refractivity contribution in [3.63, 3.8) is 0 Å². The van der Waals surface area contributed by atoms with Crippen molar-refractivity contribution in [1.82, 2.24) is 9.55 Å². The molecule has 0 atom stereocenters. The van der Waals surface area contributed by atoms with Crippen molar-refractivity contribution in [2.24, 2.45) is 0 Å². The molecule has 144 valence electrons. The third-order valence-corrected chi connectivity index (χ3v) is 6.97. The zero-order valence-corrected chi connectivity index (χ0v) is 18.2. The van der Waals surface area contributed by atoms with Gasteiger partial charge in [0.15, 0.2) is 0 Å². The van der Waals surface area contributed by atoms with E-state index >= 15 is 0 Å². The Labute approximate surface area is 179 Å². The van der Waals surface area contributed by atoms with Gasteiger partial charge in [0.05, 0.1) is 12.3 Å². The van der Waals surface area contributed by atoms with Crippen LogP contribution in [0.25, 0.3) is 0 Å². The fourth-order valence-corrected chi connectivity index (χ4v) is 5.12. The lowest BCUT2D eigenvalue weighted by Crippen LogP contribution is -2.27. The largest absolute Gasteiger partial charge is 0.349 e. The van der Waals surface area contributed by atoms with Crippen LogP contribution < -0.4 is 11.0 Å². The Hall–Kier alpha value is -1.90. The molecule has 8 heteroatoms. The molecule has 1 aromatic carbocycles. The van der Waals surface area contributed by atoms with Gasteiger partial charge >= 0.3 is 5.69 Å². The van der Waals surface area contributed by atoms with Gasteiger partial charge in [0.1, 0.15) is 5.03 Å². The van der Waals surface area contributed by atoms with Gasteiger partial charge in [-0.05, 0) is 55.0 Å². The summed E-state index contributed by atoms with van der Waals surface area (Å²) in [5.74, 6) is 0.118. The fraction of sp³-hybridized carbons (Fsp3) is 0.250. The van der Waals surface area contributed by atoms with Gasteiger partial charge in [-0.25, -0.2) is 4.79 Å². The molecule has 0 bridgehead atoms. The van der Waals surface area contributed by atoms with Crippen LogP contribution in [-0.2, 0) is 24.2 Å². The Bertz CT molecular complexity index is 1050. The predicted molar refractivity (Wildman–Crippen MR) is 117 cm³/mol. The van der Waals surface area contributed by atoms with E-state index in [2.05, 4.69) is 26.2 Å². The molecule has 1 aliphatic rings. The monoisotopic (exact) mass is 475 g/mol. The summed E-state index contributed by atoms with van der Waals surface area (Å²) in [5, 5.41) is 5.59. The predicted octanol–water partition coefficient (Wildman–Crippen LogP) is 4.34.